The minimum absolute atomic E-state index is 0.303. The number of hydrogen-bond acceptors (Lipinski definition) is 3. The summed E-state index contributed by atoms with van der Waals surface area (Å²) in [7, 11) is 0. The smallest absolute Gasteiger partial charge is 0.339 e. The molecule has 0 saturated heterocycles. The van der Waals surface area contributed by atoms with Gasteiger partial charge >= 0.3 is 5.97 Å². The lowest BCUT2D eigenvalue weighted by atomic mass is 10.0. The van der Waals surface area contributed by atoms with Gasteiger partial charge in [0.1, 0.15) is 5.56 Å². The zero-order valence-electron chi connectivity index (χ0n) is 10.8. The van der Waals surface area contributed by atoms with Crippen LogP contribution in [0.4, 0.5) is 5.69 Å². The number of aromatic carboxylic acids is 1. The molecule has 0 amide bonds. The van der Waals surface area contributed by atoms with Crippen LogP contribution in [-0.4, -0.2) is 21.3 Å². The summed E-state index contributed by atoms with van der Waals surface area (Å²) < 4.78 is 0. The van der Waals surface area contributed by atoms with Gasteiger partial charge in [-0.2, -0.15) is 5.10 Å². The number of nitrogen functional groups attached to an aromatic ring is 1. The number of aryl methyl sites for hydroxylation is 3. The van der Waals surface area contributed by atoms with E-state index in [1.165, 1.54) is 5.56 Å². The first-order valence-electron chi connectivity index (χ1n) is 6.19. The SMILES string of the molecule is Cc1[nH]nc(CCCc2ccc(N)cc2)c1C(=O)O. The van der Waals surface area contributed by atoms with E-state index in [2.05, 4.69) is 10.2 Å². The molecule has 0 saturated carbocycles. The number of nitrogens with one attached hydrogen (secondary N) is 1. The second-order valence-corrected chi connectivity index (χ2v) is 4.57. The Morgan fingerprint density at radius 3 is 2.63 bits per heavy atom. The number of H-pyrrole nitrogens is 1. The molecule has 0 radical (unpaired) electrons. The molecule has 1 heterocycles. The molecular formula is C14H17N3O2. The van der Waals surface area contributed by atoms with Crippen molar-refractivity contribution in [3.63, 3.8) is 0 Å². The molecule has 0 atom stereocenters. The zero-order valence-corrected chi connectivity index (χ0v) is 10.8. The van der Waals surface area contributed by atoms with Gasteiger partial charge < -0.3 is 10.8 Å². The van der Waals surface area contributed by atoms with E-state index >= 15 is 0 Å². The van der Waals surface area contributed by atoms with Gasteiger partial charge in [-0.3, -0.25) is 5.10 Å². The standard InChI is InChI=1S/C14H17N3O2/c1-9-13(14(18)19)12(17-16-9)4-2-3-10-5-7-11(15)8-6-10/h5-8H,2-4,15H2,1H3,(H,16,17)(H,18,19). The second kappa shape index (κ2) is 5.56. The summed E-state index contributed by atoms with van der Waals surface area (Å²) in [6, 6.07) is 7.72. The molecule has 0 spiro atoms. The number of rotatable bonds is 5. The molecule has 4 N–H and O–H groups in total. The van der Waals surface area contributed by atoms with E-state index < -0.39 is 5.97 Å². The lowest BCUT2D eigenvalue weighted by Crippen LogP contribution is -2.02. The minimum Gasteiger partial charge on any atom is -0.478 e. The fourth-order valence-electron chi connectivity index (χ4n) is 2.09. The highest BCUT2D eigenvalue weighted by Crippen LogP contribution is 2.14. The maximum atomic E-state index is 11.1. The van der Waals surface area contributed by atoms with Crippen molar-refractivity contribution < 1.29 is 9.90 Å². The number of benzene rings is 1. The lowest BCUT2D eigenvalue weighted by Gasteiger charge is -2.02. The van der Waals surface area contributed by atoms with Gasteiger partial charge in [0.25, 0.3) is 0 Å². The zero-order chi connectivity index (χ0) is 13.8. The van der Waals surface area contributed by atoms with Crippen LogP contribution in [-0.2, 0) is 12.8 Å². The van der Waals surface area contributed by atoms with Gasteiger partial charge in [-0.05, 0) is 43.9 Å². The number of nitrogens with zero attached hydrogens (tertiary/aromatic N) is 1. The third-order valence-corrected chi connectivity index (χ3v) is 3.09. The van der Waals surface area contributed by atoms with E-state index in [1.54, 1.807) is 6.92 Å². The molecule has 0 aliphatic carbocycles. The minimum atomic E-state index is -0.922. The Morgan fingerprint density at radius 2 is 2.00 bits per heavy atom. The van der Waals surface area contributed by atoms with Crippen LogP contribution in [0.25, 0.3) is 0 Å². The van der Waals surface area contributed by atoms with Crippen molar-refractivity contribution >= 4 is 11.7 Å². The van der Waals surface area contributed by atoms with Gasteiger partial charge in [-0.1, -0.05) is 12.1 Å². The Morgan fingerprint density at radius 1 is 1.32 bits per heavy atom. The summed E-state index contributed by atoms with van der Waals surface area (Å²) in [5.74, 6) is -0.922. The predicted octanol–water partition coefficient (Wildman–Crippen LogP) is 2.17. The van der Waals surface area contributed by atoms with Crippen LogP contribution < -0.4 is 5.73 Å². The van der Waals surface area contributed by atoms with E-state index in [1.807, 2.05) is 24.3 Å². The van der Waals surface area contributed by atoms with E-state index in [0.717, 1.165) is 18.5 Å². The Kier molecular flexibility index (Phi) is 3.85. The predicted molar refractivity (Wildman–Crippen MR) is 73.2 cm³/mol. The molecule has 5 nitrogen and oxygen atoms in total. The molecule has 5 heteroatoms. The van der Waals surface area contributed by atoms with Crippen LogP contribution in [0.15, 0.2) is 24.3 Å². The van der Waals surface area contributed by atoms with Crippen molar-refractivity contribution in [3.8, 4) is 0 Å². The third-order valence-electron chi connectivity index (χ3n) is 3.09. The summed E-state index contributed by atoms with van der Waals surface area (Å²) in [6.45, 7) is 1.72. The van der Waals surface area contributed by atoms with Gasteiger partial charge in [0, 0.05) is 11.4 Å². The maximum Gasteiger partial charge on any atom is 0.339 e. The van der Waals surface area contributed by atoms with Gasteiger partial charge in [-0.25, -0.2) is 4.79 Å². The molecule has 0 aliphatic rings. The summed E-state index contributed by atoms with van der Waals surface area (Å²) in [5, 5.41) is 15.9. The first-order valence-corrected chi connectivity index (χ1v) is 6.19. The highest BCUT2D eigenvalue weighted by atomic mass is 16.4. The van der Waals surface area contributed by atoms with Gasteiger partial charge in [-0.15, -0.1) is 0 Å². The molecule has 2 aromatic rings. The van der Waals surface area contributed by atoms with Crippen molar-refractivity contribution in [1.82, 2.24) is 10.2 Å². The third kappa shape index (κ3) is 3.13. The normalized spacial score (nSPS) is 10.6. The van der Waals surface area contributed by atoms with Gasteiger partial charge in [0.2, 0.25) is 0 Å². The first kappa shape index (κ1) is 13.1. The summed E-state index contributed by atoms with van der Waals surface area (Å²) in [4.78, 5) is 11.1. The van der Waals surface area contributed by atoms with Crippen molar-refractivity contribution in [2.45, 2.75) is 26.2 Å². The number of carboxylic acids is 1. The fourth-order valence-corrected chi connectivity index (χ4v) is 2.09. The second-order valence-electron chi connectivity index (χ2n) is 4.57. The van der Waals surface area contributed by atoms with E-state index in [4.69, 9.17) is 10.8 Å². The van der Waals surface area contributed by atoms with E-state index in [9.17, 15) is 4.79 Å². The number of anilines is 1. The molecule has 0 fully saturated rings. The van der Waals surface area contributed by atoms with E-state index in [-0.39, 0.29) is 0 Å². The molecule has 100 valence electrons. The number of nitrogens with two attached hydrogens (primary N) is 1. The van der Waals surface area contributed by atoms with Gasteiger partial charge in [0.05, 0.1) is 5.69 Å². The Labute approximate surface area is 111 Å². The van der Waals surface area contributed by atoms with Crippen molar-refractivity contribution in [1.29, 1.82) is 0 Å². The van der Waals surface area contributed by atoms with Crippen LogP contribution >= 0.6 is 0 Å². The average Bonchev–Trinajstić information content (AvgIpc) is 2.73. The van der Waals surface area contributed by atoms with Crippen molar-refractivity contribution in [3.05, 3.63) is 46.8 Å². The summed E-state index contributed by atoms with van der Waals surface area (Å²) >= 11 is 0. The molecule has 19 heavy (non-hydrogen) atoms. The maximum absolute atomic E-state index is 11.1. The van der Waals surface area contributed by atoms with Crippen LogP contribution in [0.5, 0.6) is 0 Å². The van der Waals surface area contributed by atoms with Crippen molar-refractivity contribution in [2.24, 2.45) is 0 Å². The summed E-state index contributed by atoms with van der Waals surface area (Å²) in [6.07, 6.45) is 2.39. The lowest BCUT2D eigenvalue weighted by molar-refractivity contribution is 0.0695. The molecule has 1 aromatic heterocycles. The number of carboxylic acid groups (broad SMARTS) is 1. The van der Waals surface area contributed by atoms with Crippen LogP contribution in [0.2, 0.25) is 0 Å². The highest BCUT2D eigenvalue weighted by Gasteiger charge is 2.16. The summed E-state index contributed by atoms with van der Waals surface area (Å²) in [5.41, 5.74) is 9.10. The van der Waals surface area contributed by atoms with E-state index in [0.29, 0.717) is 23.4 Å². The number of aromatic nitrogens is 2. The van der Waals surface area contributed by atoms with Crippen LogP contribution in [0.3, 0.4) is 0 Å². The number of hydrogen-bond donors (Lipinski definition) is 3. The molecule has 2 rings (SSSR count). The largest absolute Gasteiger partial charge is 0.478 e. The first-order chi connectivity index (χ1) is 9.08. The quantitative estimate of drug-likeness (QED) is 0.717. The molecule has 0 unspecified atom stereocenters. The Bertz CT molecular complexity index is 573. The molecular weight excluding hydrogens is 242 g/mol. The fraction of sp³-hybridized carbons (Fsp3) is 0.286. The number of aromatic amines is 1. The Balaban J connectivity index is 1.96. The van der Waals surface area contributed by atoms with Crippen molar-refractivity contribution in [2.75, 3.05) is 5.73 Å². The average molecular weight is 259 g/mol. The van der Waals surface area contributed by atoms with Crippen LogP contribution in [0, 0.1) is 6.92 Å². The molecule has 0 bridgehead atoms. The molecule has 0 aliphatic heterocycles. The van der Waals surface area contributed by atoms with Crippen LogP contribution in [0.1, 0.15) is 33.7 Å². The topological polar surface area (TPSA) is 92.0 Å². The molecule has 1 aromatic carbocycles. The van der Waals surface area contributed by atoms with Gasteiger partial charge in [0.15, 0.2) is 0 Å². The Hall–Kier alpha value is -2.30. The highest BCUT2D eigenvalue weighted by molar-refractivity contribution is 5.90. The monoisotopic (exact) mass is 259 g/mol. The number of carbonyl (C=O) groups is 1.